The van der Waals surface area contributed by atoms with E-state index in [9.17, 15) is 13.6 Å². The van der Waals surface area contributed by atoms with Gasteiger partial charge in [-0.3, -0.25) is 4.79 Å². The number of ether oxygens (including phenoxy) is 1. The number of carboxylic acid groups (broad SMARTS) is 1. The Labute approximate surface area is 98.0 Å². The maximum Gasteiger partial charge on any atom is 0.387 e. The van der Waals surface area contributed by atoms with Crippen molar-refractivity contribution in [3.05, 3.63) is 29.8 Å². The third-order valence-electron chi connectivity index (χ3n) is 2.37. The Kier molecular flexibility index (Phi) is 4.04. The van der Waals surface area contributed by atoms with E-state index < -0.39 is 18.0 Å². The van der Waals surface area contributed by atoms with Gasteiger partial charge in [0.15, 0.2) is 0 Å². The van der Waals surface area contributed by atoms with Crippen molar-refractivity contribution in [3.63, 3.8) is 0 Å². The zero-order chi connectivity index (χ0) is 13.1. The van der Waals surface area contributed by atoms with Crippen molar-refractivity contribution in [1.29, 1.82) is 0 Å². The minimum absolute atomic E-state index is 0.0666. The van der Waals surface area contributed by atoms with Crippen LogP contribution in [0.3, 0.4) is 0 Å². The number of carbonyl (C=O) groups is 1. The van der Waals surface area contributed by atoms with Crippen LogP contribution in [0.2, 0.25) is 0 Å². The summed E-state index contributed by atoms with van der Waals surface area (Å²) in [6.45, 7) is 0.369. The fourth-order valence-corrected chi connectivity index (χ4v) is 1.37. The second-order valence-corrected chi connectivity index (χ2v) is 4.39. The smallest absolute Gasteiger partial charge is 0.387 e. The Morgan fingerprint density at radius 1 is 1.35 bits per heavy atom. The minimum Gasteiger partial charge on any atom is -0.481 e. The third kappa shape index (κ3) is 4.01. The first-order chi connectivity index (χ1) is 7.81. The SMILES string of the molecule is CC(C)(Cc1ccc(OC(F)F)cc1)C(=O)O. The van der Waals surface area contributed by atoms with E-state index in [0.29, 0.717) is 6.42 Å². The fourth-order valence-electron chi connectivity index (χ4n) is 1.37. The largest absolute Gasteiger partial charge is 0.481 e. The fraction of sp³-hybridized carbons (Fsp3) is 0.417. The van der Waals surface area contributed by atoms with Crippen molar-refractivity contribution in [2.24, 2.45) is 5.41 Å². The molecule has 0 amide bonds. The van der Waals surface area contributed by atoms with Crippen LogP contribution >= 0.6 is 0 Å². The molecule has 0 saturated heterocycles. The highest BCUT2D eigenvalue weighted by Crippen LogP contribution is 2.23. The van der Waals surface area contributed by atoms with E-state index in [2.05, 4.69) is 4.74 Å². The highest BCUT2D eigenvalue weighted by molar-refractivity contribution is 5.74. The first-order valence-electron chi connectivity index (χ1n) is 5.08. The zero-order valence-corrected chi connectivity index (χ0v) is 9.61. The van der Waals surface area contributed by atoms with E-state index in [1.165, 1.54) is 12.1 Å². The second-order valence-electron chi connectivity index (χ2n) is 4.39. The number of alkyl halides is 2. The van der Waals surface area contributed by atoms with Gasteiger partial charge in [0.2, 0.25) is 0 Å². The Morgan fingerprint density at radius 2 is 1.88 bits per heavy atom. The zero-order valence-electron chi connectivity index (χ0n) is 9.61. The van der Waals surface area contributed by atoms with Crippen molar-refractivity contribution in [3.8, 4) is 5.75 Å². The van der Waals surface area contributed by atoms with Crippen LogP contribution < -0.4 is 4.74 Å². The molecule has 0 saturated carbocycles. The van der Waals surface area contributed by atoms with E-state index in [4.69, 9.17) is 5.11 Å². The van der Waals surface area contributed by atoms with Crippen LogP contribution in [0.4, 0.5) is 8.78 Å². The molecule has 0 spiro atoms. The van der Waals surface area contributed by atoms with Crippen molar-refractivity contribution in [1.82, 2.24) is 0 Å². The van der Waals surface area contributed by atoms with Crippen LogP contribution in [-0.2, 0) is 11.2 Å². The lowest BCUT2D eigenvalue weighted by atomic mass is 9.86. The molecule has 0 aliphatic rings. The molecule has 3 nitrogen and oxygen atoms in total. The van der Waals surface area contributed by atoms with Crippen LogP contribution in [0, 0.1) is 5.41 Å². The standard InChI is InChI=1S/C12H14F2O3/c1-12(2,10(15)16)7-8-3-5-9(6-4-8)17-11(13)14/h3-6,11H,7H2,1-2H3,(H,15,16). The maximum atomic E-state index is 11.9. The molecule has 1 aromatic carbocycles. The number of rotatable bonds is 5. The first-order valence-corrected chi connectivity index (χ1v) is 5.08. The molecule has 0 atom stereocenters. The van der Waals surface area contributed by atoms with Gasteiger partial charge in [-0.1, -0.05) is 12.1 Å². The average Bonchev–Trinajstić information content (AvgIpc) is 2.19. The topological polar surface area (TPSA) is 46.5 Å². The van der Waals surface area contributed by atoms with Crippen LogP contribution in [0.1, 0.15) is 19.4 Å². The molecule has 0 bridgehead atoms. The maximum absolute atomic E-state index is 11.9. The summed E-state index contributed by atoms with van der Waals surface area (Å²) in [7, 11) is 0. The molecule has 1 aromatic rings. The van der Waals surface area contributed by atoms with E-state index in [0.717, 1.165) is 5.56 Å². The number of hydrogen-bond acceptors (Lipinski definition) is 2. The molecule has 1 N–H and O–H groups in total. The molecule has 0 unspecified atom stereocenters. The predicted molar refractivity (Wildman–Crippen MR) is 58.2 cm³/mol. The van der Waals surface area contributed by atoms with Gasteiger partial charge in [0.1, 0.15) is 5.75 Å². The minimum atomic E-state index is -2.85. The van der Waals surface area contributed by atoms with E-state index in [1.54, 1.807) is 26.0 Å². The summed E-state index contributed by atoms with van der Waals surface area (Å²) in [5.41, 5.74) is -0.121. The Bertz CT molecular complexity index is 385. The molecule has 0 aliphatic carbocycles. The number of aliphatic carboxylic acids is 1. The van der Waals surface area contributed by atoms with Gasteiger partial charge in [-0.15, -0.1) is 0 Å². The van der Waals surface area contributed by atoms with Gasteiger partial charge in [0.05, 0.1) is 5.41 Å². The summed E-state index contributed by atoms with van der Waals surface area (Å²) in [4.78, 5) is 10.9. The van der Waals surface area contributed by atoms with Gasteiger partial charge in [0, 0.05) is 0 Å². The Hall–Kier alpha value is -1.65. The lowest BCUT2D eigenvalue weighted by Crippen LogP contribution is -2.26. The number of hydrogen-bond donors (Lipinski definition) is 1. The molecular weight excluding hydrogens is 230 g/mol. The Morgan fingerprint density at radius 3 is 2.29 bits per heavy atom. The van der Waals surface area contributed by atoms with Crippen molar-refractivity contribution < 1.29 is 23.4 Å². The van der Waals surface area contributed by atoms with Gasteiger partial charge in [0.25, 0.3) is 0 Å². The second kappa shape index (κ2) is 5.12. The van der Waals surface area contributed by atoms with Gasteiger partial charge in [-0.2, -0.15) is 8.78 Å². The number of halogens is 2. The molecule has 0 fully saturated rings. The van der Waals surface area contributed by atoms with E-state index in [-0.39, 0.29) is 5.75 Å². The molecular formula is C12H14F2O3. The number of carboxylic acids is 1. The summed E-state index contributed by atoms with van der Waals surface area (Å²) >= 11 is 0. The van der Waals surface area contributed by atoms with Gasteiger partial charge >= 0.3 is 12.6 Å². The molecule has 0 aliphatic heterocycles. The van der Waals surface area contributed by atoms with Gasteiger partial charge < -0.3 is 9.84 Å². The molecule has 0 radical (unpaired) electrons. The van der Waals surface area contributed by atoms with Crippen molar-refractivity contribution in [2.45, 2.75) is 26.9 Å². The molecule has 0 aromatic heterocycles. The summed E-state index contributed by atoms with van der Waals surface area (Å²) in [6, 6.07) is 5.98. The summed E-state index contributed by atoms with van der Waals surface area (Å²) in [5.74, 6) is -0.831. The third-order valence-corrected chi connectivity index (χ3v) is 2.37. The van der Waals surface area contributed by atoms with Crippen LogP contribution in [0.5, 0.6) is 5.75 Å². The normalized spacial score (nSPS) is 11.6. The number of benzene rings is 1. The van der Waals surface area contributed by atoms with Gasteiger partial charge in [-0.05, 0) is 38.0 Å². The quantitative estimate of drug-likeness (QED) is 0.866. The summed E-state index contributed by atoms with van der Waals surface area (Å²) in [5, 5.41) is 8.95. The molecule has 0 heterocycles. The van der Waals surface area contributed by atoms with Crippen LogP contribution in [0.15, 0.2) is 24.3 Å². The monoisotopic (exact) mass is 244 g/mol. The molecule has 17 heavy (non-hydrogen) atoms. The van der Waals surface area contributed by atoms with Crippen molar-refractivity contribution in [2.75, 3.05) is 0 Å². The van der Waals surface area contributed by atoms with Crippen molar-refractivity contribution >= 4 is 5.97 Å². The summed E-state index contributed by atoms with van der Waals surface area (Å²) < 4.78 is 28.0. The molecule has 5 heteroatoms. The highest BCUT2D eigenvalue weighted by Gasteiger charge is 2.27. The highest BCUT2D eigenvalue weighted by atomic mass is 19.3. The summed E-state index contributed by atoms with van der Waals surface area (Å²) in [6.07, 6.45) is 0.331. The van der Waals surface area contributed by atoms with Crippen LogP contribution in [0.25, 0.3) is 0 Å². The first kappa shape index (κ1) is 13.4. The lowest BCUT2D eigenvalue weighted by Gasteiger charge is -2.19. The predicted octanol–water partition coefficient (Wildman–Crippen LogP) is 2.94. The Balaban J connectivity index is 2.72. The van der Waals surface area contributed by atoms with Gasteiger partial charge in [-0.25, -0.2) is 0 Å². The average molecular weight is 244 g/mol. The van der Waals surface area contributed by atoms with E-state index in [1.807, 2.05) is 0 Å². The van der Waals surface area contributed by atoms with Crippen LogP contribution in [-0.4, -0.2) is 17.7 Å². The van der Waals surface area contributed by atoms with E-state index >= 15 is 0 Å². The molecule has 1 rings (SSSR count). The molecule has 94 valence electrons. The lowest BCUT2D eigenvalue weighted by molar-refractivity contribution is -0.146.